The van der Waals surface area contributed by atoms with Crippen molar-refractivity contribution in [2.24, 2.45) is 5.92 Å². The van der Waals surface area contributed by atoms with Crippen LogP contribution in [0.1, 0.15) is 69.4 Å². The highest BCUT2D eigenvalue weighted by Crippen LogP contribution is 2.46. The molecule has 0 bridgehead atoms. The molecule has 0 saturated carbocycles. The van der Waals surface area contributed by atoms with Crippen molar-refractivity contribution in [1.82, 2.24) is 14.9 Å². The van der Waals surface area contributed by atoms with Crippen LogP contribution in [0, 0.1) is 11.7 Å². The standard InChI is InChI=1S/C32H40FN5O3/c1-21-17-32(10-7-13-37(32)18-21)20-41-31-34-26-19-38(27-16-24(39)14-22-8-9-23(33)15-25(22)27)30(40-2)28(26)29(35-31)36-11-5-3-4-6-12-36/h8-9,14-16,21,30,39H,3-7,10-13,17-20H2,1-2H3/t21-,30?,32+/m1/s1. The molecule has 1 aromatic heterocycles. The number of hydrogen-bond acceptors (Lipinski definition) is 8. The lowest BCUT2D eigenvalue weighted by Gasteiger charge is -2.32. The van der Waals surface area contributed by atoms with Crippen LogP contribution in [0.2, 0.25) is 0 Å². The molecule has 1 N–H and O–H groups in total. The average Bonchev–Trinajstić information content (AvgIpc) is 3.52. The predicted octanol–water partition coefficient (Wildman–Crippen LogP) is 5.77. The number of benzene rings is 2. The first kappa shape index (κ1) is 26.7. The Morgan fingerprint density at radius 3 is 2.68 bits per heavy atom. The number of anilines is 2. The first-order chi connectivity index (χ1) is 19.9. The summed E-state index contributed by atoms with van der Waals surface area (Å²) in [5.41, 5.74) is 2.57. The Morgan fingerprint density at radius 2 is 1.88 bits per heavy atom. The molecule has 0 spiro atoms. The van der Waals surface area contributed by atoms with Crippen LogP contribution in [0.5, 0.6) is 11.8 Å². The molecular weight excluding hydrogens is 521 g/mol. The van der Waals surface area contributed by atoms with Gasteiger partial charge in [0.1, 0.15) is 24.0 Å². The van der Waals surface area contributed by atoms with Crippen LogP contribution in [0.15, 0.2) is 30.3 Å². The highest BCUT2D eigenvalue weighted by atomic mass is 19.1. The molecule has 3 atom stereocenters. The van der Waals surface area contributed by atoms with Crippen LogP contribution in [0.25, 0.3) is 10.8 Å². The van der Waals surface area contributed by atoms with Gasteiger partial charge in [0.05, 0.1) is 29.0 Å². The van der Waals surface area contributed by atoms with E-state index in [2.05, 4.69) is 21.6 Å². The van der Waals surface area contributed by atoms with Gasteiger partial charge in [-0.15, -0.1) is 0 Å². The van der Waals surface area contributed by atoms with E-state index in [4.69, 9.17) is 19.4 Å². The Labute approximate surface area is 241 Å². The minimum atomic E-state index is -0.481. The lowest BCUT2D eigenvalue weighted by atomic mass is 9.92. The number of methoxy groups -OCH3 is 1. The molecular formula is C32H40FN5O3. The van der Waals surface area contributed by atoms with Gasteiger partial charge < -0.3 is 24.4 Å². The van der Waals surface area contributed by atoms with Crippen molar-refractivity contribution in [2.45, 2.75) is 70.2 Å². The van der Waals surface area contributed by atoms with Crippen molar-refractivity contribution in [3.63, 3.8) is 0 Å². The van der Waals surface area contributed by atoms with E-state index in [-0.39, 0.29) is 17.1 Å². The molecule has 0 aliphatic carbocycles. The summed E-state index contributed by atoms with van der Waals surface area (Å²) >= 11 is 0. The van der Waals surface area contributed by atoms with Crippen molar-refractivity contribution in [3.8, 4) is 11.8 Å². The third-order valence-corrected chi connectivity index (χ3v) is 9.62. The molecule has 2 aromatic carbocycles. The summed E-state index contributed by atoms with van der Waals surface area (Å²) in [5, 5.41) is 12.1. The highest BCUT2D eigenvalue weighted by molar-refractivity contribution is 5.96. The van der Waals surface area contributed by atoms with E-state index in [1.807, 2.05) is 0 Å². The van der Waals surface area contributed by atoms with Gasteiger partial charge in [0.15, 0.2) is 6.23 Å². The number of nitrogens with zero attached hydrogens (tertiary/aromatic N) is 5. The minimum absolute atomic E-state index is 0.0796. The molecule has 3 aromatic rings. The monoisotopic (exact) mass is 561 g/mol. The zero-order valence-electron chi connectivity index (χ0n) is 24.1. The fraction of sp³-hybridized carbons (Fsp3) is 0.562. The van der Waals surface area contributed by atoms with E-state index >= 15 is 0 Å². The van der Waals surface area contributed by atoms with Crippen molar-refractivity contribution in [2.75, 3.05) is 49.7 Å². The fourth-order valence-corrected chi connectivity index (χ4v) is 7.85. The second kappa shape index (κ2) is 10.6. The summed E-state index contributed by atoms with van der Waals surface area (Å²) in [6.07, 6.45) is 7.69. The second-order valence-electron chi connectivity index (χ2n) is 12.5. The van der Waals surface area contributed by atoms with E-state index in [0.717, 1.165) is 74.3 Å². The maximum atomic E-state index is 14.4. The normalized spacial score (nSPS) is 26.4. The summed E-state index contributed by atoms with van der Waals surface area (Å²) in [7, 11) is 1.68. The lowest BCUT2D eigenvalue weighted by Crippen LogP contribution is -2.43. The number of fused-ring (bicyclic) bond motifs is 3. The Kier molecular flexibility index (Phi) is 6.90. The van der Waals surface area contributed by atoms with E-state index in [1.54, 1.807) is 25.3 Å². The van der Waals surface area contributed by atoms with Gasteiger partial charge in [0.25, 0.3) is 0 Å². The number of halogens is 1. The van der Waals surface area contributed by atoms with E-state index in [9.17, 15) is 9.50 Å². The second-order valence-corrected chi connectivity index (χ2v) is 12.5. The summed E-state index contributed by atoms with van der Waals surface area (Å²) in [6.45, 7) is 7.50. The van der Waals surface area contributed by atoms with Gasteiger partial charge in [-0.1, -0.05) is 25.8 Å². The van der Waals surface area contributed by atoms with Gasteiger partial charge in [0, 0.05) is 38.2 Å². The topological polar surface area (TPSA) is 74.2 Å². The first-order valence-electron chi connectivity index (χ1n) is 15.2. The van der Waals surface area contributed by atoms with Crippen LogP contribution < -0.4 is 14.5 Å². The Hall–Kier alpha value is -3.17. The largest absolute Gasteiger partial charge is 0.508 e. The summed E-state index contributed by atoms with van der Waals surface area (Å²) in [4.78, 5) is 17.1. The molecule has 41 heavy (non-hydrogen) atoms. The summed E-state index contributed by atoms with van der Waals surface area (Å²) in [6, 6.07) is 8.40. The van der Waals surface area contributed by atoms with Gasteiger partial charge in [0.2, 0.25) is 0 Å². The zero-order valence-corrected chi connectivity index (χ0v) is 24.1. The predicted molar refractivity (Wildman–Crippen MR) is 157 cm³/mol. The number of phenols is 1. The van der Waals surface area contributed by atoms with E-state index in [0.29, 0.717) is 36.2 Å². The Balaban J connectivity index is 1.28. The van der Waals surface area contributed by atoms with Gasteiger partial charge in [-0.3, -0.25) is 4.90 Å². The molecule has 9 heteroatoms. The molecule has 4 aliphatic heterocycles. The molecule has 5 heterocycles. The third-order valence-electron chi connectivity index (χ3n) is 9.62. The highest BCUT2D eigenvalue weighted by Gasteiger charge is 2.48. The number of aromatic nitrogens is 2. The maximum absolute atomic E-state index is 14.4. The summed E-state index contributed by atoms with van der Waals surface area (Å²) in [5.74, 6) is 1.35. The van der Waals surface area contributed by atoms with Crippen LogP contribution in [0.4, 0.5) is 15.9 Å². The Bertz CT molecular complexity index is 1440. The molecule has 0 amide bonds. The van der Waals surface area contributed by atoms with Gasteiger partial charge in [-0.05, 0) is 68.2 Å². The van der Waals surface area contributed by atoms with Crippen LogP contribution in [0.3, 0.4) is 0 Å². The molecule has 1 unspecified atom stereocenters. The number of rotatable bonds is 6. The van der Waals surface area contributed by atoms with Gasteiger partial charge in [-0.2, -0.15) is 9.97 Å². The Morgan fingerprint density at radius 1 is 1.05 bits per heavy atom. The number of phenolic OH excluding ortho intramolecular Hbond substituents is 1. The molecule has 0 radical (unpaired) electrons. The van der Waals surface area contributed by atoms with Crippen LogP contribution in [-0.2, 0) is 11.3 Å². The lowest BCUT2D eigenvalue weighted by molar-refractivity contribution is 0.104. The van der Waals surface area contributed by atoms with Crippen molar-refractivity contribution in [3.05, 3.63) is 47.4 Å². The summed E-state index contributed by atoms with van der Waals surface area (Å²) < 4.78 is 27.1. The molecule has 3 saturated heterocycles. The first-order valence-corrected chi connectivity index (χ1v) is 15.2. The minimum Gasteiger partial charge on any atom is -0.508 e. The number of aromatic hydroxyl groups is 1. The van der Waals surface area contributed by atoms with E-state index < -0.39 is 6.23 Å². The molecule has 8 nitrogen and oxygen atoms in total. The SMILES string of the molecule is COC1c2c(nc(OC[C@@]34CCCN3C[C@H](C)C4)nc2N2CCCCCC2)CN1c1cc(O)cc2ccc(F)cc12. The van der Waals surface area contributed by atoms with Gasteiger partial charge in [-0.25, -0.2) is 4.39 Å². The van der Waals surface area contributed by atoms with Crippen LogP contribution in [-0.4, -0.2) is 65.4 Å². The number of hydrogen-bond donors (Lipinski definition) is 1. The molecule has 7 rings (SSSR count). The van der Waals surface area contributed by atoms with Gasteiger partial charge >= 0.3 is 6.01 Å². The smallest absolute Gasteiger partial charge is 0.318 e. The molecule has 218 valence electrons. The maximum Gasteiger partial charge on any atom is 0.318 e. The average molecular weight is 562 g/mol. The quantitative estimate of drug-likeness (QED) is 0.407. The van der Waals surface area contributed by atoms with Crippen molar-refractivity contribution >= 4 is 22.3 Å². The number of ether oxygens (including phenoxy) is 2. The van der Waals surface area contributed by atoms with E-state index in [1.165, 1.54) is 31.4 Å². The van der Waals surface area contributed by atoms with Crippen molar-refractivity contribution < 1.29 is 19.0 Å². The van der Waals surface area contributed by atoms with Crippen molar-refractivity contribution in [1.29, 1.82) is 0 Å². The molecule has 3 fully saturated rings. The molecule has 4 aliphatic rings. The van der Waals surface area contributed by atoms with Crippen LogP contribution >= 0.6 is 0 Å². The third kappa shape index (κ3) is 4.77. The zero-order chi connectivity index (χ0) is 28.1. The fourth-order valence-electron chi connectivity index (χ4n) is 7.85.